The van der Waals surface area contributed by atoms with E-state index in [0.29, 0.717) is 5.02 Å². The van der Waals surface area contributed by atoms with Crippen molar-refractivity contribution in [3.63, 3.8) is 0 Å². The Morgan fingerprint density at radius 3 is 2.12 bits per heavy atom. The fraction of sp³-hybridized carbons (Fsp3) is 0.0714. The monoisotopic (exact) mass is 245 g/mol. The van der Waals surface area contributed by atoms with Crippen LogP contribution >= 0.6 is 11.6 Å². The van der Waals surface area contributed by atoms with E-state index in [0.717, 1.165) is 11.1 Å². The first-order chi connectivity index (χ1) is 8.16. The van der Waals surface area contributed by atoms with Gasteiger partial charge in [-0.3, -0.25) is 4.98 Å². The van der Waals surface area contributed by atoms with Crippen molar-refractivity contribution in [1.82, 2.24) is 4.98 Å². The number of hydrogen-bond acceptors (Lipinski definition) is 2. The number of aliphatic hydroxyl groups is 1. The minimum Gasteiger partial charge on any atom is -0.377 e. The van der Waals surface area contributed by atoms with Gasteiger partial charge in [-0.25, -0.2) is 0 Å². The summed E-state index contributed by atoms with van der Waals surface area (Å²) in [5.41, 5.74) is 0.237. The molecular weight excluding hydrogens is 234 g/mol. The van der Waals surface area contributed by atoms with Gasteiger partial charge in [0.25, 0.3) is 0 Å². The summed E-state index contributed by atoms with van der Waals surface area (Å²) in [6, 6.07) is 10.6. The van der Waals surface area contributed by atoms with Crippen LogP contribution in [0.2, 0.25) is 5.02 Å². The Balaban J connectivity index is 2.51. The molecule has 3 heteroatoms. The zero-order valence-corrected chi connectivity index (χ0v) is 9.93. The third kappa shape index (κ3) is 2.23. The molecule has 0 saturated heterocycles. The topological polar surface area (TPSA) is 33.1 Å². The normalized spacial score (nSPS) is 14.0. The van der Waals surface area contributed by atoms with Crippen molar-refractivity contribution < 1.29 is 5.11 Å². The molecule has 17 heavy (non-hydrogen) atoms. The van der Waals surface area contributed by atoms with Crippen LogP contribution in [0, 0.1) is 0 Å². The van der Waals surface area contributed by atoms with Crippen LogP contribution in [-0.4, -0.2) is 10.1 Å². The molecule has 0 unspecified atom stereocenters. The van der Waals surface area contributed by atoms with E-state index in [2.05, 4.69) is 11.6 Å². The molecule has 0 aliphatic carbocycles. The van der Waals surface area contributed by atoms with E-state index in [4.69, 9.17) is 11.6 Å². The van der Waals surface area contributed by atoms with Gasteiger partial charge < -0.3 is 5.11 Å². The van der Waals surface area contributed by atoms with Gasteiger partial charge in [0.15, 0.2) is 0 Å². The van der Waals surface area contributed by atoms with Crippen LogP contribution in [0.1, 0.15) is 11.1 Å². The predicted octanol–water partition coefficient (Wildman–Crippen LogP) is 3.16. The van der Waals surface area contributed by atoms with Crippen LogP contribution in [0.5, 0.6) is 0 Å². The van der Waals surface area contributed by atoms with E-state index < -0.39 is 5.60 Å². The quantitative estimate of drug-likeness (QED) is 0.843. The Bertz CT molecular complexity index is 510. The summed E-state index contributed by atoms with van der Waals surface area (Å²) >= 11 is 5.83. The van der Waals surface area contributed by atoms with Crippen LogP contribution in [0.3, 0.4) is 0 Å². The van der Waals surface area contributed by atoms with Crippen LogP contribution in [0.25, 0.3) is 0 Å². The Kier molecular flexibility index (Phi) is 3.27. The lowest BCUT2D eigenvalue weighted by atomic mass is 9.87. The summed E-state index contributed by atoms with van der Waals surface area (Å²) < 4.78 is 0. The Morgan fingerprint density at radius 2 is 1.59 bits per heavy atom. The maximum Gasteiger partial charge on any atom is 0.133 e. The number of benzene rings is 1. The molecule has 0 fully saturated rings. The molecule has 1 heterocycles. The van der Waals surface area contributed by atoms with Crippen molar-refractivity contribution in [2.24, 2.45) is 0 Å². The Labute approximate surface area is 105 Å². The molecule has 1 aromatic carbocycles. The molecule has 0 saturated carbocycles. The van der Waals surface area contributed by atoms with E-state index in [9.17, 15) is 5.11 Å². The lowest BCUT2D eigenvalue weighted by Gasteiger charge is -2.25. The first-order valence-electron chi connectivity index (χ1n) is 5.19. The first kappa shape index (κ1) is 11.8. The lowest BCUT2D eigenvalue weighted by molar-refractivity contribution is 0.135. The number of halogens is 1. The van der Waals surface area contributed by atoms with Gasteiger partial charge in [0.1, 0.15) is 5.60 Å². The molecule has 0 radical (unpaired) electrons. The molecule has 0 aliphatic rings. The van der Waals surface area contributed by atoms with Crippen molar-refractivity contribution in [1.29, 1.82) is 0 Å². The standard InChI is InChI=1S/C14H12ClNO/c1-2-14(17,12-7-9-16-10-8-12)11-3-5-13(15)6-4-11/h2-10,17H,1H2/t14-/m1/s1. The van der Waals surface area contributed by atoms with Crippen LogP contribution in [0.15, 0.2) is 61.4 Å². The van der Waals surface area contributed by atoms with Gasteiger partial charge in [-0.2, -0.15) is 0 Å². The Hall–Kier alpha value is -1.64. The van der Waals surface area contributed by atoms with Gasteiger partial charge in [0, 0.05) is 17.4 Å². The first-order valence-corrected chi connectivity index (χ1v) is 5.57. The third-order valence-corrected chi connectivity index (χ3v) is 2.95. The van der Waals surface area contributed by atoms with Gasteiger partial charge >= 0.3 is 0 Å². The summed E-state index contributed by atoms with van der Waals surface area (Å²) in [7, 11) is 0. The van der Waals surface area contributed by atoms with E-state index in [-0.39, 0.29) is 0 Å². The van der Waals surface area contributed by atoms with Gasteiger partial charge in [0.05, 0.1) is 0 Å². The summed E-state index contributed by atoms with van der Waals surface area (Å²) in [6.45, 7) is 3.70. The molecule has 0 bridgehead atoms. The van der Waals surface area contributed by atoms with E-state index in [1.807, 2.05) is 0 Å². The summed E-state index contributed by atoms with van der Waals surface area (Å²) in [5, 5.41) is 11.3. The van der Waals surface area contributed by atoms with Crippen LogP contribution in [0.4, 0.5) is 0 Å². The van der Waals surface area contributed by atoms with Gasteiger partial charge in [-0.15, -0.1) is 0 Å². The highest BCUT2D eigenvalue weighted by molar-refractivity contribution is 6.30. The van der Waals surface area contributed by atoms with Crippen molar-refractivity contribution in [3.05, 3.63) is 77.6 Å². The third-order valence-electron chi connectivity index (χ3n) is 2.70. The largest absolute Gasteiger partial charge is 0.377 e. The second-order valence-corrected chi connectivity index (χ2v) is 4.15. The molecule has 2 nitrogen and oxygen atoms in total. The molecule has 1 atom stereocenters. The molecule has 2 rings (SSSR count). The highest BCUT2D eigenvalue weighted by Crippen LogP contribution is 2.30. The molecule has 2 aromatic rings. The molecule has 0 spiro atoms. The van der Waals surface area contributed by atoms with E-state index in [1.165, 1.54) is 6.08 Å². The number of aromatic nitrogens is 1. The van der Waals surface area contributed by atoms with Gasteiger partial charge in [0.2, 0.25) is 0 Å². The SMILES string of the molecule is C=C[C@](O)(c1ccncc1)c1ccc(Cl)cc1. The van der Waals surface area contributed by atoms with Crippen molar-refractivity contribution in [2.75, 3.05) is 0 Å². The van der Waals surface area contributed by atoms with Gasteiger partial charge in [-0.1, -0.05) is 36.4 Å². The van der Waals surface area contributed by atoms with Crippen molar-refractivity contribution >= 4 is 11.6 Å². The molecular formula is C14H12ClNO. The van der Waals surface area contributed by atoms with Gasteiger partial charge in [-0.05, 0) is 35.4 Å². The van der Waals surface area contributed by atoms with Crippen LogP contribution < -0.4 is 0 Å². The van der Waals surface area contributed by atoms with E-state index >= 15 is 0 Å². The predicted molar refractivity (Wildman–Crippen MR) is 68.9 cm³/mol. The number of rotatable bonds is 3. The maximum atomic E-state index is 10.7. The summed E-state index contributed by atoms with van der Waals surface area (Å²) in [6.07, 6.45) is 4.78. The second kappa shape index (κ2) is 4.70. The fourth-order valence-corrected chi connectivity index (χ4v) is 1.84. The molecule has 86 valence electrons. The molecule has 1 N–H and O–H groups in total. The summed E-state index contributed by atoms with van der Waals surface area (Å²) in [5.74, 6) is 0. The number of hydrogen-bond donors (Lipinski definition) is 1. The molecule has 0 aliphatic heterocycles. The minimum atomic E-state index is -1.21. The zero-order valence-electron chi connectivity index (χ0n) is 9.18. The summed E-state index contributed by atoms with van der Waals surface area (Å²) in [4.78, 5) is 3.93. The lowest BCUT2D eigenvalue weighted by Crippen LogP contribution is -2.24. The smallest absolute Gasteiger partial charge is 0.133 e. The van der Waals surface area contributed by atoms with Crippen LogP contribution in [-0.2, 0) is 5.60 Å². The molecule has 0 amide bonds. The number of nitrogens with zero attached hydrogens (tertiary/aromatic N) is 1. The Morgan fingerprint density at radius 1 is 1.06 bits per heavy atom. The fourth-order valence-electron chi connectivity index (χ4n) is 1.71. The maximum absolute atomic E-state index is 10.7. The average Bonchev–Trinajstić information content (AvgIpc) is 2.40. The van der Waals surface area contributed by atoms with Crippen molar-refractivity contribution in [2.45, 2.75) is 5.60 Å². The number of pyridine rings is 1. The minimum absolute atomic E-state index is 0.634. The van der Waals surface area contributed by atoms with E-state index in [1.54, 1.807) is 48.8 Å². The second-order valence-electron chi connectivity index (χ2n) is 3.71. The molecule has 1 aromatic heterocycles. The zero-order chi connectivity index (χ0) is 12.3. The average molecular weight is 246 g/mol. The highest BCUT2D eigenvalue weighted by atomic mass is 35.5. The van der Waals surface area contributed by atoms with Crippen molar-refractivity contribution in [3.8, 4) is 0 Å². The highest BCUT2D eigenvalue weighted by Gasteiger charge is 2.27.